The summed E-state index contributed by atoms with van der Waals surface area (Å²) in [5.74, 6) is -0.471. The van der Waals surface area contributed by atoms with Gasteiger partial charge in [-0.2, -0.15) is 0 Å². The Morgan fingerprint density at radius 2 is 1.59 bits per heavy atom. The lowest BCUT2D eigenvalue weighted by atomic mass is 9.90. The first-order valence-electron chi connectivity index (χ1n) is 12.2. The quantitative estimate of drug-likeness (QED) is 0.615. The van der Waals surface area contributed by atoms with Crippen molar-refractivity contribution >= 4 is 29.2 Å². The number of nitrogens with one attached hydrogen (secondary N) is 2. The SMILES string of the molecule is CC(C)c1ccc(C2(C)NC(=O)N(CC(=O)Nc3ccc(N4CCCCCC4)cc3)C2=O)cc1. The minimum absolute atomic E-state index is 0.335. The third kappa shape index (κ3) is 4.93. The number of imide groups is 1. The average Bonchev–Trinajstić information content (AvgIpc) is 3.02. The first kappa shape index (κ1) is 23.8. The van der Waals surface area contributed by atoms with Crippen LogP contribution in [-0.2, 0) is 15.1 Å². The van der Waals surface area contributed by atoms with Crippen LogP contribution in [0.1, 0.15) is 63.5 Å². The fourth-order valence-corrected chi connectivity index (χ4v) is 4.67. The van der Waals surface area contributed by atoms with Gasteiger partial charge >= 0.3 is 6.03 Å². The average molecular weight is 463 g/mol. The Morgan fingerprint density at radius 1 is 0.971 bits per heavy atom. The van der Waals surface area contributed by atoms with Gasteiger partial charge in [-0.1, -0.05) is 51.0 Å². The van der Waals surface area contributed by atoms with Gasteiger partial charge in [-0.3, -0.25) is 14.5 Å². The Kier molecular flexibility index (Phi) is 6.91. The second-order valence-corrected chi connectivity index (χ2v) is 9.72. The maximum absolute atomic E-state index is 13.1. The first-order valence-corrected chi connectivity index (χ1v) is 12.2. The molecule has 0 saturated carbocycles. The molecule has 2 saturated heterocycles. The van der Waals surface area contributed by atoms with Crippen LogP contribution in [0.2, 0.25) is 0 Å². The van der Waals surface area contributed by atoms with E-state index in [0.717, 1.165) is 29.2 Å². The highest BCUT2D eigenvalue weighted by Crippen LogP contribution is 2.30. The standard InChI is InChI=1S/C27H34N4O3/c1-19(2)20-8-10-21(11-9-20)27(3)25(33)31(26(34)29-27)18-24(32)28-22-12-14-23(15-13-22)30-16-6-4-5-7-17-30/h8-15,19H,4-7,16-18H2,1-3H3,(H,28,32)(H,29,34). The maximum atomic E-state index is 13.1. The van der Waals surface area contributed by atoms with Crippen LogP contribution >= 0.6 is 0 Å². The molecule has 2 aromatic rings. The minimum Gasteiger partial charge on any atom is -0.372 e. The van der Waals surface area contributed by atoms with Gasteiger partial charge < -0.3 is 15.5 Å². The summed E-state index contributed by atoms with van der Waals surface area (Å²) >= 11 is 0. The molecule has 0 aromatic heterocycles. The largest absolute Gasteiger partial charge is 0.372 e. The van der Waals surface area contributed by atoms with E-state index in [1.165, 1.54) is 25.7 Å². The molecule has 2 N–H and O–H groups in total. The van der Waals surface area contributed by atoms with Gasteiger partial charge in [0.1, 0.15) is 12.1 Å². The van der Waals surface area contributed by atoms with Crippen LogP contribution in [0.15, 0.2) is 48.5 Å². The molecular formula is C27H34N4O3. The lowest BCUT2D eigenvalue weighted by Crippen LogP contribution is -2.42. The Balaban J connectivity index is 1.39. The third-order valence-electron chi connectivity index (χ3n) is 6.85. The third-order valence-corrected chi connectivity index (χ3v) is 6.85. The van der Waals surface area contributed by atoms with Gasteiger partial charge in [-0.05, 0) is 61.1 Å². The monoisotopic (exact) mass is 462 g/mol. The molecule has 180 valence electrons. The minimum atomic E-state index is -1.19. The first-order chi connectivity index (χ1) is 16.3. The van der Waals surface area contributed by atoms with Crippen molar-refractivity contribution in [3.8, 4) is 0 Å². The van der Waals surface area contributed by atoms with E-state index in [4.69, 9.17) is 0 Å². The van der Waals surface area contributed by atoms with E-state index in [1.54, 1.807) is 6.92 Å². The number of amides is 4. The van der Waals surface area contributed by atoms with Gasteiger partial charge in [-0.15, -0.1) is 0 Å². The van der Waals surface area contributed by atoms with E-state index in [2.05, 4.69) is 29.4 Å². The zero-order valence-electron chi connectivity index (χ0n) is 20.3. The van der Waals surface area contributed by atoms with E-state index in [0.29, 0.717) is 17.2 Å². The molecule has 0 aliphatic carbocycles. The molecule has 7 heteroatoms. The zero-order valence-corrected chi connectivity index (χ0v) is 20.3. The molecule has 2 aromatic carbocycles. The van der Waals surface area contributed by atoms with Crippen molar-refractivity contribution in [2.45, 2.75) is 57.9 Å². The lowest BCUT2D eigenvalue weighted by Gasteiger charge is -2.23. The predicted octanol–water partition coefficient (Wildman–Crippen LogP) is 4.60. The van der Waals surface area contributed by atoms with Gasteiger partial charge in [0, 0.05) is 24.5 Å². The number of anilines is 2. The zero-order chi connectivity index (χ0) is 24.3. The second kappa shape index (κ2) is 9.87. The topological polar surface area (TPSA) is 81.8 Å². The summed E-state index contributed by atoms with van der Waals surface area (Å²) in [6.45, 7) is 7.65. The summed E-state index contributed by atoms with van der Waals surface area (Å²) in [6, 6.07) is 14.8. The van der Waals surface area contributed by atoms with Crippen molar-refractivity contribution < 1.29 is 14.4 Å². The van der Waals surface area contributed by atoms with Gasteiger partial charge in [0.05, 0.1) is 0 Å². The van der Waals surface area contributed by atoms with Gasteiger partial charge in [0.25, 0.3) is 5.91 Å². The number of nitrogens with zero attached hydrogens (tertiary/aromatic N) is 2. The number of hydrogen-bond acceptors (Lipinski definition) is 4. The van der Waals surface area contributed by atoms with Crippen molar-refractivity contribution in [2.24, 2.45) is 0 Å². The van der Waals surface area contributed by atoms with Crippen LogP contribution in [0.5, 0.6) is 0 Å². The normalized spacial score (nSPS) is 20.9. The summed E-state index contributed by atoms with van der Waals surface area (Å²) in [6.07, 6.45) is 4.95. The van der Waals surface area contributed by atoms with Crippen LogP contribution in [0.25, 0.3) is 0 Å². The molecule has 1 unspecified atom stereocenters. The Labute approximate surface area is 201 Å². The molecule has 2 aliphatic rings. The van der Waals surface area contributed by atoms with Crippen molar-refractivity contribution in [3.05, 3.63) is 59.7 Å². The van der Waals surface area contributed by atoms with E-state index in [1.807, 2.05) is 48.5 Å². The van der Waals surface area contributed by atoms with Crippen LogP contribution in [0.4, 0.5) is 16.2 Å². The van der Waals surface area contributed by atoms with E-state index in [9.17, 15) is 14.4 Å². The van der Waals surface area contributed by atoms with E-state index >= 15 is 0 Å². The molecule has 4 rings (SSSR count). The smallest absolute Gasteiger partial charge is 0.325 e. The van der Waals surface area contributed by atoms with Crippen LogP contribution in [0.3, 0.4) is 0 Å². The lowest BCUT2D eigenvalue weighted by molar-refractivity contribution is -0.133. The van der Waals surface area contributed by atoms with Crippen LogP contribution < -0.4 is 15.5 Å². The molecular weight excluding hydrogens is 428 g/mol. The highest BCUT2D eigenvalue weighted by Gasteiger charge is 2.49. The number of rotatable bonds is 6. The molecule has 0 bridgehead atoms. The number of carbonyl (C=O) groups excluding carboxylic acids is 3. The van der Waals surface area contributed by atoms with Crippen molar-refractivity contribution in [1.82, 2.24) is 10.2 Å². The Bertz CT molecular complexity index is 1040. The van der Waals surface area contributed by atoms with Crippen molar-refractivity contribution in [1.29, 1.82) is 0 Å². The summed E-state index contributed by atoms with van der Waals surface area (Å²) < 4.78 is 0. The molecule has 2 heterocycles. The van der Waals surface area contributed by atoms with E-state index < -0.39 is 23.4 Å². The summed E-state index contributed by atoms with van der Waals surface area (Å²) in [5.41, 5.74) is 2.45. The molecule has 0 spiro atoms. The summed E-state index contributed by atoms with van der Waals surface area (Å²) in [5, 5.41) is 5.57. The molecule has 1 atom stereocenters. The van der Waals surface area contributed by atoms with Crippen LogP contribution in [0, 0.1) is 0 Å². The maximum Gasteiger partial charge on any atom is 0.325 e. The van der Waals surface area contributed by atoms with Crippen molar-refractivity contribution in [3.63, 3.8) is 0 Å². The Hall–Kier alpha value is -3.35. The molecule has 2 fully saturated rings. The van der Waals surface area contributed by atoms with Gasteiger partial charge in [-0.25, -0.2) is 4.79 Å². The number of carbonyl (C=O) groups is 3. The Morgan fingerprint density at radius 3 is 2.18 bits per heavy atom. The fraction of sp³-hybridized carbons (Fsp3) is 0.444. The summed E-state index contributed by atoms with van der Waals surface area (Å²) in [4.78, 5) is 41.8. The molecule has 34 heavy (non-hydrogen) atoms. The number of benzene rings is 2. The molecule has 2 aliphatic heterocycles. The van der Waals surface area contributed by atoms with Gasteiger partial charge in [0.2, 0.25) is 5.91 Å². The summed E-state index contributed by atoms with van der Waals surface area (Å²) in [7, 11) is 0. The second-order valence-electron chi connectivity index (χ2n) is 9.72. The molecule has 0 radical (unpaired) electrons. The fourth-order valence-electron chi connectivity index (χ4n) is 4.67. The number of urea groups is 1. The highest BCUT2D eigenvalue weighted by molar-refractivity contribution is 6.10. The molecule has 7 nitrogen and oxygen atoms in total. The highest BCUT2D eigenvalue weighted by atomic mass is 16.2. The predicted molar refractivity (Wildman–Crippen MR) is 134 cm³/mol. The number of hydrogen-bond donors (Lipinski definition) is 2. The van der Waals surface area contributed by atoms with Gasteiger partial charge in [0.15, 0.2) is 0 Å². The van der Waals surface area contributed by atoms with Crippen molar-refractivity contribution in [2.75, 3.05) is 29.9 Å². The van der Waals surface area contributed by atoms with E-state index in [-0.39, 0.29) is 6.54 Å². The van der Waals surface area contributed by atoms with Crippen LogP contribution in [-0.4, -0.2) is 42.4 Å². The molecule has 4 amide bonds.